The van der Waals surface area contributed by atoms with E-state index in [1.807, 2.05) is 0 Å². The molecule has 1 amide bonds. The summed E-state index contributed by atoms with van der Waals surface area (Å²) in [5.74, 6) is 0. The van der Waals surface area contributed by atoms with Crippen molar-refractivity contribution in [3.8, 4) is 0 Å². The monoisotopic (exact) mass is 414 g/mol. The Morgan fingerprint density at radius 2 is 1.93 bits per heavy atom. The van der Waals surface area contributed by atoms with Crippen molar-refractivity contribution in [3.63, 3.8) is 0 Å². The van der Waals surface area contributed by atoms with Crippen LogP contribution in [-0.2, 0) is 23.9 Å². The molecule has 2 atom stereocenters. The van der Waals surface area contributed by atoms with E-state index >= 15 is 0 Å². The van der Waals surface area contributed by atoms with Crippen LogP contribution in [0.3, 0.4) is 0 Å². The third kappa shape index (κ3) is 4.52. The topological polar surface area (TPSA) is 41.6 Å². The average Bonchev–Trinajstić information content (AvgIpc) is 3.15. The Morgan fingerprint density at radius 1 is 1.14 bits per heavy atom. The number of hydrogen-bond donors (Lipinski definition) is 1. The minimum absolute atomic E-state index is 0.161. The van der Waals surface area contributed by atoms with Crippen molar-refractivity contribution in [1.29, 1.82) is 0 Å². The zero-order valence-electron chi connectivity index (χ0n) is 15.8. The van der Waals surface area contributed by atoms with Crippen LogP contribution in [0.2, 0.25) is 0 Å². The first-order chi connectivity index (χ1) is 13.4. The third-order valence-corrected chi connectivity index (χ3v) is 8.47. The van der Waals surface area contributed by atoms with Crippen molar-refractivity contribution in [2.75, 3.05) is 32.1 Å². The van der Waals surface area contributed by atoms with Crippen LogP contribution in [0.1, 0.15) is 36.0 Å². The van der Waals surface area contributed by atoms with Gasteiger partial charge in [0, 0.05) is 38.4 Å². The van der Waals surface area contributed by atoms with Gasteiger partial charge in [0.2, 0.25) is 5.65 Å². The number of alkyl halides is 3. The molecule has 2 saturated heterocycles. The molecule has 0 saturated carbocycles. The summed E-state index contributed by atoms with van der Waals surface area (Å²) in [6, 6.07) is 4.78. The molecule has 0 aliphatic carbocycles. The van der Waals surface area contributed by atoms with Gasteiger partial charge in [-0.3, -0.25) is 4.79 Å². The van der Waals surface area contributed by atoms with Crippen molar-refractivity contribution in [2.24, 2.45) is 0 Å². The SMILES string of the molecule is O=C(N1CCc2ccc(C(F)(F)F)cc2C1)P1CCC(NC2CCOCC2)C1. The number of ether oxygens (including phenoxy) is 1. The number of carbonyl (C=O) groups is 1. The molecule has 3 aliphatic rings. The van der Waals surface area contributed by atoms with Gasteiger partial charge in [-0.1, -0.05) is 6.07 Å². The fourth-order valence-electron chi connectivity index (χ4n) is 4.36. The lowest BCUT2D eigenvalue weighted by Crippen LogP contribution is -2.42. The maximum atomic E-state index is 13.0. The van der Waals surface area contributed by atoms with Crippen molar-refractivity contribution in [2.45, 2.75) is 50.5 Å². The largest absolute Gasteiger partial charge is 0.416 e. The smallest absolute Gasteiger partial charge is 0.381 e. The van der Waals surface area contributed by atoms with Crippen molar-refractivity contribution >= 4 is 13.6 Å². The van der Waals surface area contributed by atoms with E-state index in [0.29, 0.717) is 37.2 Å². The summed E-state index contributed by atoms with van der Waals surface area (Å²) in [6.07, 6.45) is 1.14. The van der Waals surface area contributed by atoms with Gasteiger partial charge >= 0.3 is 6.18 Å². The van der Waals surface area contributed by atoms with Gasteiger partial charge in [0.05, 0.1) is 5.56 Å². The second kappa shape index (κ2) is 8.29. The van der Waals surface area contributed by atoms with Crippen LogP contribution in [-0.4, -0.2) is 54.7 Å². The van der Waals surface area contributed by atoms with E-state index < -0.39 is 19.7 Å². The standard InChI is InChI=1S/C20H26F3N2O2P/c21-20(22,23)16-2-1-14-3-7-25(12-15(14)11-16)19(26)28-10-6-18(13-28)24-17-4-8-27-9-5-17/h1-2,11,17-18,24H,3-10,12-13H2. The molecular formula is C20H26F3N2O2P. The van der Waals surface area contributed by atoms with Crippen LogP contribution in [0.25, 0.3) is 0 Å². The average molecular weight is 414 g/mol. The molecule has 28 heavy (non-hydrogen) atoms. The normalized spacial score (nSPS) is 26.3. The molecule has 1 aromatic carbocycles. The number of rotatable bonds is 3. The number of benzene rings is 1. The molecule has 1 N–H and O–H groups in total. The number of nitrogens with zero attached hydrogens (tertiary/aromatic N) is 1. The number of hydrogen-bond acceptors (Lipinski definition) is 3. The third-order valence-electron chi connectivity index (χ3n) is 5.97. The van der Waals surface area contributed by atoms with E-state index in [2.05, 4.69) is 5.32 Å². The van der Waals surface area contributed by atoms with Gasteiger partial charge in [-0.2, -0.15) is 13.2 Å². The van der Waals surface area contributed by atoms with Crippen LogP contribution in [0, 0.1) is 0 Å². The van der Waals surface area contributed by atoms with Crippen LogP contribution in [0.5, 0.6) is 0 Å². The van der Waals surface area contributed by atoms with Gasteiger partial charge < -0.3 is 15.0 Å². The van der Waals surface area contributed by atoms with Crippen molar-refractivity contribution < 1.29 is 22.7 Å². The van der Waals surface area contributed by atoms with E-state index in [9.17, 15) is 18.0 Å². The van der Waals surface area contributed by atoms with Gasteiger partial charge in [-0.25, -0.2) is 0 Å². The molecule has 3 aliphatic heterocycles. The van der Waals surface area contributed by atoms with Gasteiger partial charge in [0.25, 0.3) is 0 Å². The van der Waals surface area contributed by atoms with E-state index in [4.69, 9.17) is 4.74 Å². The quantitative estimate of drug-likeness (QED) is 0.754. The fraction of sp³-hybridized carbons (Fsp3) is 0.650. The van der Waals surface area contributed by atoms with E-state index in [1.165, 1.54) is 6.07 Å². The van der Waals surface area contributed by atoms with Crippen LogP contribution in [0.4, 0.5) is 18.0 Å². The molecule has 3 heterocycles. The predicted octanol–water partition coefficient (Wildman–Crippen LogP) is 4.21. The van der Waals surface area contributed by atoms with Crippen LogP contribution >= 0.6 is 7.92 Å². The maximum absolute atomic E-state index is 13.0. The molecule has 0 spiro atoms. The summed E-state index contributed by atoms with van der Waals surface area (Å²) in [5, 5.41) is 3.69. The molecular weight excluding hydrogens is 388 g/mol. The molecule has 2 fully saturated rings. The molecule has 8 heteroatoms. The molecule has 1 aromatic rings. The second-order valence-corrected chi connectivity index (χ2v) is 10.2. The minimum atomic E-state index is -4.35. The first kappa shape index (κ1) is 20.1. The first-order valence-corrected chi connectivity index (χ1v) is 11.7. The molecule has 4 nitrogen and oxygen atoms in total. The van der Waals surface area contributed by atoms with Crippen molar-refractivity contribution in [1.82, 2.24) is 10.2 Å². The van der Waals surface area contributed by atoms with Gasteiger partial charge in [0.1, 0.15) is 0 Å². The minimum Gasteiger partial charge on any atom is -0.381 e. The summed E-state index contributed by atoms with van der Waals surface area (Å²) in [6.45, 7) is 2.50. The molecule has 154 valence electrons. The Labute approximate surface area is 164 Å². The number of nitrogens with one attached hydrogen (secondary N) is 1. The van der Waals surface area contributed by atoms with E-state index in [0.717, 1.165) is 56.4 Å². The second-order valence-electron chi connectivity index (χ2n) is 7.92. The Morgan fingerprint density at radius 3 is 2.68 bits per heavy atom. The van der Waals surface area contributed by atoms with Gasteiger partial charge in [-0.05, 0) is 69.2 Å². The molecule has 0 radical (unpaired) electrons. The van der Waals surface area contributed by atoms with E-state index in [-0.39, 0.29) is 5.65 Å². The highest BCUT2D eigenvalue weighted by atomic mass is 31.1. The lowest BCUT2D eigenvalue weighted by atomic mass is 9.97. The summed E-state index contributed by atoms with van der Waals surface area (Å²) < 4.78 is 44.4. The highest BCUT2D eigenvalue weighted by molar-refractivity contribution is 7.74. The summed E-state index contributed by atoms with van der Waals surface area (Å²) in [4.78, 5) is 14.8. The fourth-order valence-corrected chi connectivity index (χ4v) is 6.91. The summed E-state index contributed by atoms with van der Waals surface area (Å²) in [5.41, 5.74) is 1.10. The van der Waals surface area contributed by atoms with E-state index in [1.54, 1.807) is 11.0 Å². The lowest BCUT2D eigenvalue weighted by Gasteiger charge is -2.31. The van der Waals surface area contributed by atoms with Gasteiger partial charge in [-0.15, -0.1) is 0 Å². The highest BCUT2D eigenvalue weighted by Gasteiger charge is 2.36. The zero-order valence-corrected chi connectivity index (χ0v) is 16.7. The molecule has 4 rings (SSSR count). The summed E-state index contributed by atoms with van der Waals surface area (Å²) >= 11 is 0. The van der Waals surface area contributed by atoms with Gasteiger partial charge in [0.15, 0.2) is 0 Å². The summed E-state index contributed by atoms with van der Waals surface area (Å²) in [7, 11) is -0.744. The molecule has 2 unspecified atom stereocenters. The Bertz CT molecular complexity index is 722. The lowest BCUT2D eigenvalue weighted by molar-refractivity contribution is -0.137. The maximum Gasteiger partial charge on any atom is 0.416 e. The number of fused-ring (bicyclic) bond motifs is 1. The highest BCUT2D eigenvalue weighted by Crippen LogP contribution is 2.47. The Hall–Kier alpha value is -1.17. The first-order valence-electron chi connectivity index (χ1n) is 9.97. The Kier molecular flexibility index (Phi) is 5.96. The zero-order chi connectivity index (χ0) is 19.7. The predicted molar refractivity (Wildman–Crippen MR) is 103 cm³/mol. The number of carbonyl (C=O) groups excluding carboxylic acids is 1. The number of halogens is 3. The van der Waals surface area contributed by atoms with Crippen LogP contribution in [0.15, 0.2) is 18.2 Å². The van der Waals surface area contributed by atoms with Crippen molar-refractivity contribution in [3.05, 3.63) is 34.9 Å². The number of amides is 1. The van der Waals surface area contributed by atoms with Crippen LogP contribution < -0.4 is 5.32 Å². The molecule has 0 aromatic heterocycles. The Balaban J connectivity index is 1.36. The molecule has 0 bridgehead atoms.